The van der Waals surface area contributed by atoms with E-state index in [-0.39, 0.29) is 18.4 Å². The lowest BCUT2D eigenvalue weighted by atomic mass is 9.98. The molecule has 1 aromatic rings. The topological polar surface area (TPSA) is 78.5 Å². The van der Waals surface area contributed by atoms with Crippen LogP contribution in [-0.4, -0.2) is 34.8 Å². The van der Waals surface area contributed by atoms with Crippen LogP contribution in [0.4, 0.5) is 10.5 Å². The van der Waals surface area contributed by atoms with Gasteiger partial charge in [-0.25, -0.2) is 4.79 Å². The Morgan fingerprint density at radius 2 is 2.00 bits per heavy atom. The minimum atomic E-state index is -0.769. The Hall–Kier alpha value is -2.37. The van der Waals surface area contributed by atoms with Gasteiger partial charge in [0.2, 0.25) is 5.91 Å². The van der Waals surface area contributed by atoms with Crippen molar-refractivity contribution in [2.45, 2.75) is 51.0 Å². The van der Waals surface area contributed by atoms with Crippen LogP contribution in [0, 0.1) is 0 Å². The van der Waals surface area contributed by atoms with E-state index in [0.29, 0.717) is 24.4 Å². The van der Waals surface area contributed by atoms with Crippen molar-refractivity contribution in [3.05, 3.63) is 29.8 Å². The molecule has 0 atom stereocenters. The maximum absolute atomic E-state index is 12.5. The molecule has 0 radical (unpaired) electrons. The third-order valence-corrected chi connectivity index (χ3v) is 4.84. The lowest BCUT2D eigenvalue weighted by molar-refractivity contribution is -0.133. The molecule has 2 fully saturated rings. The molecule has 4 amide bonds. The first-order valence-corrected chi connectivity index (χ1v) is 8.45. The molecule has 0 bridgehead atoms. The monoisotopic (exact) mass is 329 g/mol. The summed E-state index contributed by atoms with van der Waals surface area (Å²) in [7, 11) is 0. The Kier molecular flexibility index (Phi) is 4.30. The predicted molar refractivity (Wildman–Crippen MR) is 90.6 cm³/mol. The van der Waals surface area contributed by atoms with Gasteiger partial charge in [0.15, 0.2) is 0 Å². The Balaban J connectivity index is 1.66. The second-order valence-electron chi connectivity index (χ2n) is 6.94. The minimum absolute atomic E-state index is 0.252. The van der Waals surface area contributed by atoms with Gasteiger partial charge in [0, 0.05) is 5.69 Å². The zero-order valence-electron chi connectivity index (χ0n) is 14.1. The lowest BCUT2D eigenvalue weighted by Crippen LogP contribution is -2.44. The number of hydrogen-bond donors (Lipinski definition) is 2. The molecular weight excluding hydrogens is 306 g/mol. The summed E-state index contributed by atoms with van der Waals surface area (Å²) >= 11 is 0. The van der Waals surface area contributed by atoms with Crippen molar-refractivity contribution in [1.82, 2.24) is 10.2 Å². The Morgan fingerprint density at radius 1 is 1.29 bits per heavy atom. The average Bonchev–Trinajstić information content (AvgIpc) is 3.09. The number of nitrogens with one attached hydrogen (secondary N) is 2. The Labute approximate surface area is 141 Å². The van der Waals surface area contributed by atoms with Crippen LogP contribution in [0.1, 0.15) is 51.0 Å². The molecule has 6 heteroatoms. The molecule has 1 aromatic carbocycles. The molecular formula is C18H23N3O3. The van der Waals surface area contributed by atoms with Gasteiger partial charge in [0.05, 0.1) is 0 Å². The summed E-state index contributed by atoms with van der Waals surface area (Å²) in [4.78, 5) is 37.9. The number of rotatable bonds is 4. The number of benzene rings is 1. The number of urea groups is 1. The standard InChI is InChI=1S/C18H23N3O3/c1-12(2)13-6-5-7-14(10-13)19-15(22)11-21-16(23)18(20-17(21)24)8-3-4-9-18/h5-7,10,12H,3-4,8-9,11H2,1-2H3,(H,19,22)(H,20,24). The van der Waals surface area contributed by atoms with Gasteiger partial charge in [0.25, 0.3) is 5.91 Å². The lowest BCUT2D eigenvalue weighted by Gasteiger charge is -2.19. The van der Waals surface area contributed by atoms with Crippen molar-refractivity contribution in [2.75, 3.05) is 11.9 Å². The highest BCUT2D eigenvalue weighted by atomic mass is 16.2. The number of carbonyl (C=O) groups is 3. The van der Waals surface area contributed by atoms with E-state index in [1.54, 1.807) is 6.07 Å². The van der Waals surface area contributed by atoms with Gasteiger partial charge < -0.3 is 10.6 Å². The molecule has 2 aliphatic rings. The fourth-order valence-electron chi connectivity index (χ4n) is 3.46. The maximum Gasteiger partial charge on any atom is 0.325 e. The van der Waals surface area contributed by atoms with Crippen molar-refractivity contribution < 1.29 is 14.4 Å². The fourth-order valence-corrected chi connectivity index (χ4v) is 3.46. The molecule has 2 N–H and O–H groups in total. The van der Waals surface area contributed by atoms with Crippen LogP contribution in [-0.2, 0) is 9.59 Å². The predicted octanol–water partition coefficient (Wildman–Crippen LogP) is 2.61. The molecule has 1 aliphatic heterocycles. The molecule has 6 nitrogen and oxygen atoms in total. The van der Waals surface area contributed by atoms with E-state index in [2.05, 4.69) is 24.5 Å². The fraction of sp³-hybridized carbons (Fsp3) is 0.500. The van der Waals surface area contributed by atoms with E-state index >= 15 is 0 Å². The van der Waals surface area contributed by atoms with E-state index in [9.17, 15) is 14.4 Å². The number of nitrogens with zero attached hydrogens (tertiary/aromatic N) is 1. The molecule has 1 saturated carbocycles. The van der Waals surface area contributed by atoms with Gasteiger partial charge in [-0.1, -0.05) is 38.8 Å². The summed E-state index contributed by atoms with van der Waals surface area (Å²) in [5.41, 5.74) is 1.02. The second-order valence-corrected chi connectivity index (χ2v) is 6.94. The first kappa shape index (κ1) is 16.5. The van der Waals surface area contributed by atoms with Crippen LogP contribution in [0.3, 0.4) is 0 Å². The molecule has 1 saturated heterocycles. The average molecular weight is 329 g/mol. The molecule has 24 heavy (non-hydrogen) atoms. The van der Waals surface area contributed by atoms with Crippen molar-refractivity contribution in [2.24, 2.45) is 0 Å². The first-order valence-electron chi connectivity index (χ1n) is 8.45. The quantitative estimate of drug-likeness (QED) is 0.834. The summed E-state index contributed by atoms with van der Waals surface area (Å²) in [5.74, 6) is -0.277. The number of amides is 4. The highest BCUT2D eigenvalue weighted by molar-refractivity contribution is 6.10. The van der Waals surface area contributed by atoms with Gasteiger partial charge in [0.1, 0.15) is 12.1 Å². The highest BCUT2D eigenvalue weighted by Crippen LogP contribution is 2.34. The molecule has 1 aliphatic carbocycles. The summed E-state index contributed by atoms with van der Waals surface area (Å²) in [6, 6.07) is 7.13. The number of imide groups is 1. The van der Waals surface area contributed by atoms with Crippen LogP contribution < -0.4 is 10.6 Å². The van der Waals surface area contributed by atoms with E-state index in [0.717, 1.165) is 23.3 Å². The highest BCUT2D eigenvalue weighted by Gasteiger charge is 2.52. The van der Waals surface area contributed by atoms with Gasteiger partial charge in [-0.15, -0.1) is 0 Å². The summed E-state index contributed by atoms with van der Waals surface area (Å²) < 4.78 is 0. The largest absolute Gasteiger partial charge is 0.325 e. The van der Waals surface area contributed by atoms with Crippen molar-refractivity contribution in [1.29, 1.82) is 0 Å². The summed E-state index contributed by atoms with van der Waals surface area (Å²) in [5, 5.41) is 5.55. The third kappa shape index (κ3) is 3.00. The Bertz CT molecular complexity index is 678. The van der Waals surface area contributed by atoms with Crippen LogP contribution in [0.5, 0.6) is 0 Å². The van der Waals surface area contributed by atoms with Gasteiger partial charge >= 0.3 is 6.03 Å². The molecule has 0 aromatic heterocycles. The molecule has 0 unspecified atom stereocenters. The van der Waals surface area contributed by atoms with Crippen molar-refractivity contribution in [3.63, 3.8) is 0 Å². The molecule has 128 valence electrons. The number of anilines is 1. The SMILES string of the molecule is CC(C)c1cccc(NC(=O)CN2C(=O)NC3(CCCC3)C2=O)c1. The van der Waals surface area contributed by atoms with Crippen LogP contribution in [0.15, 0.2) is 24.3 Å². The van der Waals surface area contributed by atoms with Crippen LogP contribution >= 0.6 is 0 Å². The zero-order chi connectivity index (χ0) is 17.3. The molecule has 1 heterocycles. The van der Waals surface area contributed by atoms with E-state index < -0.39 is 11.6 Å². The van der Waals surface area contributed by atoms with Gasteiger partial charge in [-0.05, 0) is 36.5 Å². The van der Waals surface area contributed by atoms with E-state index in [1.807, 2.05) is 18.2 Å². The van der Waals surface area contributed by atoms with E-state index in [4.69, 9.17) is 0 Å². The van der Waals surface area contributed by atoms with Crippen LogP contribution in [0.25, 0.3) is 0 Å². The summed E-state index contributed by atoms with van der Waals surface area (Å²) in [6.45, 7) is 3.91. The first-order chi connectivity index (χ1) is 11.4. The van der Waals surface area contributed by atoms with E-state index in [1.165, 1.54) is 0 Å². The van der Waals surface area contributed by atoms with Crippen LogP contribution in [0.2, 0.25) is 0 Å². The maximum atomic E-state index is 12.5. The van der Waals surface area contributed by atoms with Crippen molar-refractivity contribution >= 4 is 23.5 Å². The number of carbonyl (C=O) groups excluding carboxylic acids is 3. The zero-order valence-corrected chi connectivity index (χ0v) is 14.1. The summed E-state index contributed by atoms with van der Waals surface area (Å²) in [6.07, 6.45) is 3.17. The normalized spacial score (nSPS) is 19.2. The van der Waals surface area contributed by atoms with Gasteiger partial charge in [-0.3, -0.25) is 14.5 Å². The molecule has 1 spiro atoms. The third-order valence-electron chi connectivity index (χ3n) is 4.84. The molecule has 3 rings (SSSR count). The smallest absolute Gasteiger partial charge is 0.325 e. The Morgan fingerprint density at radius 3 is 2.67 bits per heavy atom. The minimum Gasteiger partial charge on any atom is -0.325 e. The second kappa shape index (κ2) is 6.26. The number of hydrogen-bond acceptors (Lipinski definition) is 3. The van der Waals surface area contributed by atoms with Gasteiger partial charge in [-0.2, -0.15) is 0 Å². The van der Waals surface area contributed by atoms with Crippen molar-refractivity contribution in [3.8, 4) is 0 Å².